The molecule has 0 fully saturated rings. The van der Waals surface area contributed by atoms with Crippen LogP contribution >= 0.6 is 45.2 Å². The van der Waals surface area contributed by atoms with Crippen LogP contribution in [0.4, 0.5) is 0 Å². The van der Waals surface area contributed by atoms with Crippen LogP contribution in [0.15, 0.2) is 41.2 Å². The molecular formula is C17H13I2N3O3. The van der Waals surface area contributed by atoms with Crippen LogP contribution in [-0.4, -0.2) is 32.9 Å². The number of H-pyrrole nitrogens is 1. The minimum Gasteiger partial charge on any atom is -0.506 e. The minimum absolute atomic E-state index is 0.0437. The number of aromatic hydroxyl groups is 1. The third-order valence-electron chi connectivity index (χ3n) is 3.65. The van der Waals surface area contributed by atoms with Gasteiger partial charge in [0.2, 0.25) is 0 Å². The Labute approximate surface area is 170 Å². The molecule has 3 rings (SSSR count). The Balaban J connectivity index is 1.91. The maximum Gasteiger partial charge on any atom is 0.258 e. The summed E-state index contributed by atoms with van der Waals surface area (Å²) in [4.78, 5) is 33.3. The van der Waals surface area contributed by atoms with Gasteiger partial charge in [0, 0.05) is 10.6 Å². The highest BCUT2D eigenvalue weighted by atomic mass is 127. The van der Waals surface area contributed by atoms with Crippen LogP contribution < -0.4 is 5.56 Å². The van der Waals surface area contributed by atoms with Gasteiger partial charge >= 0.3 is 0 Å². The lowest BCUT2D eigenvalue weighted by Crippen LogP contribution is -2.28. The number of hydrogen-bond donors (Lipinski definition) is 2. The third-order valence-corrected chi connectivity index (χ3v) is 5.10. The van der Waals surface area contributed by atoms with Gasteiger partial charge in [0.1, 0.15) is 11.6 Å². The molecule has 1 amide bonds. The number of benzene rings is 2. The molecule has 0 saturated heterocycles. The number of aromatic nitrogens is 2. The Morgan fingerprint density at radius 2 is 2.00 bits per heavy atom. The Hall–Kier alpha value is -1.69. The van der Waals surface area contributed by atoms with E-state index in [1.165, 1.54) is 4.90 Å². The fourth-order valence-electron chi connectivity index (χ4n) is 2.44. The van der Waals surface area contributed by atoms with Crippen LogP contribution in [0.25, 0.3) is 10.9 Å². The molecule has 0 aliphatic rings. The highest BCUT2D eigenvalue weighted by Gasteiger charge is 2.19. The van der Waals surface area contributed by atoms with Crippen molar-refractivity contribution in [1.29, 1.82) is 0 Å². The second kappa shape index (κ2) is 7.28. The van der Waals surface area contributed by atoms with E-state index < -0.39 is 0 Å². The van der Waals surface area contributed by atoms with Gasteiger partial charge in [-0.15, -0.1) is 0 Å². The Morgan fingerprint density at radius 3 is 2.76 bits per heavy atom. The van der Waals surface area contributed by atoms with E-state index in [9.17, 15) is 14.7 Å². The van der Waals surface area contributed by atoms with E-state index in [0.29, 0.717) is 20.3 Å². The highest BCUT2D eigenvalue weighted by Crippen LogP contribution is 2.28. The van der Waals surface area contributed by atoms with E-state index in [4.69, 9.17) is 0 Å². The number of phenols is 1. The van der Waals surface area contributed by atoms with Crippen molar-refractivity contribution < 1.29 is 9.90 Å². The van der Waals surface area contributed by atoms with Gasteiger partial charge in [-0.1, -0.05) is 12.1 Å². The van der Waals surface area contributed by atoms with Gasteiger partial charge in [0.05, 0.1) is 26.6 Å². The standard InChI is InChI=1S/C17H13I2N3O3/c1-22(17(25)11-6-9(18)7-12(19)15(11)23)8-14-20-13-5-3-2-4-10(13)16(24)21-14/h2-7,23H,8H2,1H3,(H,20,21,24). The van der Waals surface area contributed by atoms with Crippen LogP contribution in [-0.2, 0) is 6.54 Å². The number of amides is 1. The van der Waals surface area contributed by atoms with E-state index in [1.807, 2.05) is 22.6 Å². The van der Waals surface area contributed by atoms with Crippen LogP contribution in [0.1, 0.15) is 16.2 Å². The van der Waals surface area contributed by atoms with Crippen LogP contribution in [0.2, 0.25) is 0 Å². The molecule has 0 unspecified atom stereocenters. The van der Waals surface area contributed by atoms with Crippen molar-refractivity contribution in [2.45, 2.75) is 6.54 Å². The molecule has 8 heteroatoms. The molecule has 0 radical (unpaired) electrons. The Kier molecular flexibility index (Phi) is 5.27. The summed E-state index contributed by atoms with van der Waals surface area (Å²) in [5, 5.41) is 10.7. The van der Waals surface area contributed by atoms with Crippen molar-refractivity contribution in [2.75, 3.05) is 7.05 Å². The number of aromatic amines is 1. The molecule has 0 aliphatic carbocycles. The zero-order valence-corrected chi connectivity index (χ0v) is 17.4. The van der Waals surface area contributed by atoms with Gasteiger partial charge in [0.15, 0.2) is 0 Å². The number of para-hydroxylation sites is 1. The van der Waals surface area contributed by atoms with Crippen LogP contribution in [0.5, 0.6) is 5.75 Å². The van der Waals surface area contributed by atoms with Gasteiger partial charge < -0.3 is 15.0 Å². The van der Waals surface area contributed by atoms with Gasteiger partial charge in [-0.3, -0.25) is 9.59 Å². The molecule has 0 atom stereocenters. The van der Waals surface area contributed by atoms with E-state index in [-0.39, 0.29) is 29.3 Å². The smallest absolute Gasteiger partial charge is 0.258 e. The van der Waals surface area contributed by atoms with Crippen molar-refractivity contribution in [2.24, 2.45) is 0 Å². The zero-order valence-electron chi connectivity index (χ0n) is 13.1. The number of phenolic OH excluding ortho intramolecular Hbond substituents is 1. The van der Waals surface area contributed by atoms with E-state index in [0.717, 1.165) is 3.57 Å². The van der Waals surface area contributed by atoms with Gasteiger partial charge in [-0.05, 0) is 69.4 Å². The zero-order chi connectivity index (χ0) is 18.1. The summed E-state index contributed by atoms with van der Waals surface area (Å²) in [6.45, 7) is 0.125. The second-order valence-corrected chi connectivity index (χ2v) is 7.88. The summed E-state index contributed by atoms with van der Waals surface area (Å²) in [5.41, 5.74) is 0.559. The normalized spacial score (nSPS) is 10.8. The number of nitrogens with zero attached hydrogens (tertiary/aromatic N) is 2. The summed E-state index contributed by atoms with van der Waals surface area (Å²) in [6.07, 6.45) is 0. The lowest BCUT2D eigenvalue weighted by molar-refractivity contribution is 0.0778. The Bertz CT molecular complexity index is 1030. The maximum absolute atomic E-state index is 12.7. The highest BCUT2D eigenvalue weighted by molar-refractivity contribution is 14.1. The Morgan fingerprint density at radius 1 is 1.28 bits per heavy atom. The fourth-order valence-corrected chi connectivity index (χ4v) is 4.29. The number of halogens is 2. The number of rotatable bonds is 3. The first-order chi connectivity index (χ1) is 11.9. The average molecular weight is 561 g/mol. The van der Waals surface area contributed by atoms with E-state index in [1.54, 1.807) is 43.4 Å². The number of hydrogen-bond acceptors (Lipinski definition) is 4. The lowest BCUT2D eigenvalue weighted by Gasteiger charge is -2.18. The molecule has 6 nitrogen and oxygen atoms in total. The summed E-state index contributed by atoms with van der Waals surface area (Å²) < 4.78 is 1.47. The molecular weight excluding hydrogens is 548 g/mol. The molecule has 0 saturated carbocycles. The van der Waals surface area contributed by atoms with Gasteiger partial charge in [-0.2, -0.15) is 0 Å². The molecule has 128 valence electrons. The van der Waals surface area contributed by atoms with Crippen molar-refractivity contribution in [3.63, 3.8) is 0 Å². The number of carbonyl (C=O) groups excluding carboxylic acids is 1. The largest absolute Gasteiger partial charge is 0.506 e. The minimum atomic E-state index is -0.343. The van der Waals surface area contributed by atoms with Crippen molar-refractivity contribution in [3.8, 4) is 5.75 Å². The topological polar surface area (TPSA) is 86.3 Å². The molecule has 3 aromatic rings. The average Bonchev–Trinajstić information content (AvgIpc) is 2.57. The summed E-state index contributed by atoms with van der Waals surface area (Å²) in [5.74, 6) is 0.00179. The predicted molar refractivity (Wildman–Crippen MR) is 112 cm³/mol. The molecule has 2 N–H and O–H groups in total. The first kappa shape index (κ1) is 18.1. The quantitative estimate of drug-likeness (QED) is 0.482. The first-order valence-corrected chi connectivity index (χ1v) is 9.44. The van der Waals surface area contributed by atoms with E-state index in [2.05, 4.69) is 32.6 Å². The predicted octanol–water partition coefficient (Wildman–Crippen LogP) is 3.11. The van der Waals surface area contributed by atoms with Crippen molar-refractivity contribution in [3.05, 3.63) is 65.3 Å². The number of nitrogens with one attached hydrogen (secondary N) is 1. The molecule has 0 bridgehead atoms. The molecule has 0 aliphatic heterocycles. The van der Waals surface area contributed by atoms with Crippen molar-refractivity contribution >= 4 is 62.0 Å². The fraction of sp³-hybridized carbons (Fsp3) is 0.118. The lowest BCUT2D eigenvalue weighted by atomic mass is 10.2. The third kappa shape index (κ3) is 3.78. The van der Waals surface area contributed by atoms with Crippen LogP contribution in [0.3, 0.4) is 0 Å². The summed E-state index contributed by atoms with van der Waals surface area (Å²) >= 11 is 4.08. The maximum atomic E-state index is 12.7. The molecule has 0 spiro atoms. The van der Waals surface area contributed by atoms with Crippen LogP contribution in [0, 0.1) is 7.14 Å². The number of fused-ring (bicyclic) bond motifs is 1. The SMILES string of the molecule is CN(Cc1nc2ccccc2c(=O)[nH]1)C(=O)c1cc(I)cc(I)c1O. The molecule has 1 aromatic heterocycles. The van der Waals surface area contributed by atoms with Gasteiger partial charge in [0.25, 0.3) is 11.5 Å². The van der Waals surface area contributed by atoms with Crippen molar-refractivity contribution in [1.82, 2.24) is 14.9 Å². The van der Waals surface area contributed by atoms with E-state index >= 15 is 0 Å². The summed E-state index contributed by atoms with van der Waals surface area (Å²) in [7, 11) is 1.60. The van der Waals surface area contributed by atoms with Gasteiger partial charge in [-0.25, -0.2) is 4.98 Å². The molecule has 1 heterocycles. The second-order valence-electron chi connectivity index (χ2n) is 5.47. The number of carbonyl (C=O) groups is 1. The molecule has 2 aromatic carbocycles. The summed E-state index contributed by atoms with van der Waals surface area (Å²) in [6, 6.07) is 10.5. The first-order valence-electron chi connectivity index (χ1n) is 7.28. The molecule has 25 heavy (non-hydrogen) atoms. The monoisotopic (exact) mass is 561 g/mol.